The molecule has 1 aromatic heterocycles. The molecule has 1 aromatic rings. The van der Waals surface area contributed by atoms with E-state index in [1.165, 1.54) is 17.2 Å². The molecule has 0 radical (unpaired) electrons. The highest BCUT2D eigenvalue weighted by molar-refractivity contribution is 5.96. The number of aliphatic carboxylic acids is 1. The largest absolute Gasteiger partial charge is 0.480 e. The van der Waals surface area contributed by atoms with Gasteiger partial charge in [0.25, 0.3) is 11.5 Å². The van der Waals surface area contributed by atoms with Gasteiger partial charge in [-0.1, -0.05) is 0 Å². The number of nitrogens with zero attached hydrogens (tertiary/aromatic N) is 1. The van der Waals surface area contributed by atoms with Crippen molar-refractivity contribution in [2.24, 2.45) is 0 Å². The van der Waals surface area contributed by atoms with Gasteiger partial charge in [0.1, 0.15) is 11.6 Å². The second-order valence-electron chi connectivity index (χ2n) is 3.91. The Morgan fingerprint density at radius 3 is 2.88 bits per heavy atom. The van der Waals surface area contributed by atoms with Crippen LogP contribution < -0.4 is 5.56 Å². The third kappa shape index (κ3) is 2.06. The molecule has 0 spiro atoms. The molecule has 2 heterocycles. The highest BCUT2D eigenvalue weighted by atomic mass is 16.4. The molecule has 1 aliphatic rings. The SMILES string of the molecule is O=C(O)[C@H]1CCCN1C(=O)c1ccc[nH]c1=O. The lowest BCUT2D eigenvalue weighted by atomic mass is 10.2. The van der Waals surface area contributed by atoms with E-state index < -0.39 is 23.5 Å². The second kappa shape index (κ2) is 4.40. The van der Waals surface area contributed by atoms with Crippen molar-refractivity contribution < 1.29 is 14.7 Å². The number of aromatic amines is 1. The molecule has 6 heteroatoms. The lowest BCUT2D eigenvalue weighted by Crippen LogP contribution is -2.42. The Bertz CT molecular complexity index is 508. The highest BCUT2D eigenvalue weighted by Gasteiger charge is 2.35. The Morgan fingerprint density at radius 1 is 1.47 bits per heavy atom. The van der Waals surface area contributed by atoms with Crippen LogP contribution in [0, 0.1) is 0 Å². The van der Waals surface area contributed by atoms with Gasteiger partial charge in [-0.15, -0.1) is 0 Å². The normalized spacial score (nSPS) is 19.3. The number of carboxylic acid groups (broad SMARTS) is 1. The maximum atomic E-state index is 12.0. The van der Waals surface area contributed by atoms with Crippen molar-refractivity contribution >= 4 is 11.9 Å². The topological polar surface area (TPSA) is 90.5 Å². The summed E-state index contributed by atoms with van der Waals surface area (Å²) in [6.45, 7) is 0.379. The molecular formula is C11H12N2O4. The van der Waals surface area contributed by atoms with Crippen molar-refractivity contribution in [2.45, 2.75) is 18.9 Å². The third-order valence-corrected chi connectivity index (χ3v) is 2.85. The molecule has 0 bridgehead atoms. The summed E-state index contributed by atoms with van der Waals surface area (Å²) in [5.74, 6) is -1.54. The first-order valence-electron chi connectivity index (χ1n) is 5.32. The average Bonchev–Trinajstić information content (AvgIpc) is 2.77. The number of H-pyrrole nitrogens is 1. The van der Waals surface area contributed by atoms with Crippen LogP contribution in [-0.4, -0.2) is 39.5 Å². The molecule has 1 atom stereocenters. The zero-order valence-corrected chi connectivity index (χ0v) is 9.05. The van der Waals surface area contributed by atoms with Crippen LogP contribution in [0.3, 0.4) is 0 Å². The van der Waals surface area contributed by atoms with E-state index in [1.807, 2.05) is 0 Å². The molecule has 2 N–H and O–H groups in total. The molecule has 0 aliphatic carbocycles. The fourth-order valence-corrected chi connectivity index (χ4v) is 2.01. The monoisotopic (exact) mass is 236 g/mol. The van der Waals surface area contributed by atoms with Crippen molar-refractivity contribution in [1.29, 1.82) is 0 Å². The second-order valence-corrected chi connectivity index (χ2v) is 3.91. The van der Waals surface area contributed by atoms with E-state index >= 15 is 0 Å². The number of carbonyl (C=O) groups excluding carboxylic acids is 1. The number of likely N-dealkylation sites (tertiary alicyclic amines) is 1. The Balaban J connectivity index is 2.29. The number of carbonyl (C=O) groups is 2. The van der Waals surface area contributed by atoms with Crippen molar-refractivity contribution in [3.63, 3.8) is 0 Å². The number of nitrogens with one attached hydrogen (secondary N) is 1. The maximum Gasteiger partial charge on any atom is 0.326 e. The van der Waals surface area contributed by atoms with Gasteiger partial charge in [0, 0.05) is 12.7 Å². The molecule has 17 heavy (non-hydrogen) atoms. The lowest BCUT2D eigenvalue weighted by Gasteiger charge is -2.20. The van der Waals surface area contributed by atoms with Crippen molar-refractivity contribution in [3.05, 3.63) is 34.2 Å². The van der Waals surface area contributed by atoms with Crippen LogP contribution in [-0.2, 0) is 4.79 Å². The summed E-state index contributed by atoms with van der Waals surface area (Å²) in [5, 5.41) is 8.97. The van der Waals surface area contributed by atoms with Crippen LogP contribution in [0.15, 0.2) is 23.1 Å². The van der Waals surface area contributed by atoms with Crippen molar-refractivity contribution in [3.8, 4) is 0 Å². The minimum absolute atomic E-state index is 0.0133. The first kappa shape index (κ1) is 11.4. The molecule has 0 aromatic carbocycles. The fourth-order valence-electron chi connectivity index (χ4n) is 2.01. The van der Waals surface area contributed by atoms with E-state index in [9.17, 15) is 14.4 Å². The number of hydrogen-bond acceptors (Lipinski definition) is 3. The summed E-state index contributed by atoms with van der Waals surface area (Å²) in [7, 11) is 0. The van der Waals surface area contributed by atoms with E-state index in [2.05, 4.69) is 4.98 Å². The van der Waals surface area contributed by atoms with Crippen molar-refractivity contribution in [1.82, 2.24) is 9.88 Å². The molecule has 0 saturated carbocycles. The zero-order valence-electron chi connectivity index (χ0n) is 9.05. The summed E-state index contributed by atoms with van der Waals surface area (Å²) in [4.78, 5) is 38.1. The maximum absolute atomic E-state index is 12.0. The van der Waals surface area contributed by atoms with Crippen LogP contribution in [0.4, 0.5) is 0 Å². The van der Waals surface area contributed by atoms with Gasteiger partial charge in [-0.2, -0.15) is 0 Å². The summed E-state index contributed by atoms with van der Waals surface area (Å²) < 4.78 is 0. The van der Waals surface area contributed by atoms with Crippen LogP contribution in [0.25, 0.3) is 0 Å². The molecule has 1 aliphatic heterocycles. The quantitative estimate of drug-likeness (QED) is 0.759. The molecule has 90 valence electrons. The Morgan fingerprint density at radius 2 is 2.24 bits per heavy atom. The van der Waals surface area contributed by atoms with E-state index in [0.717, 1.165) is 0 Å². The smallest absolute Gasteiger partial charge is 0.326 e. The van der Waals surface area contributed by atoms with Gasteiger partial charge in [0.15, 0.2) is 0 Å². The first-order chi connectivity index (χ1) is 8.11. The van der Waals surface area contributed by atoms with Gasteiger partial charge in [0.05, 0.1) is 0 Å². The number of rotatable bonds is 2. The molecule has 1 fully saturated rings. The van der Waals surface area contributed by atoms with E-state index in [0.29, 0.717) is 19.4 Å². The number of pyridine rings is 1. The molecule has 2 rings (SSSR count). The summed E-state index contributed by atoms with van der Waals surface area (Å²) >= 11 is 0. The molecule has 0 unspecified atom stereocenters. The zero-order chi connectivity index (χ0) is 12.4. The third-order valence-electron chi connectivity index (χ3n) is 2.85. The minimum atomic E-state index is -1.02. The van der Waals surface area contributed by atoms with Gasteiger partial charge in [-0.05, 0) is 25.0 Å². The fraction of sp³-hybridized carbons (Fsp3) is 0.364. The van der Waals surface area contributed by atoms with Gasteiger partial charge in [-0.25, -0.2) is 4.79 Å². The van der Waals surface area contributed by atoms with E-state index in [4.69, 9.17) is 5.11 Å². The predicted molar refractivity (Wildman–Crippen MR) is 58.8 cm³/mol. The molecule has 6 nitrogen and oxygen atoms in total. The number of amides is 1. The summed E-state index contributed by atoms with van der Waals surface area (Å²) in [6, 6.07) is 2.13. The first-order valence-corrected chi connectivity index (χ1v) is 5.32. The Labute approximate surface area is 96.9 Å². The molecule has 1 amide bonds. The van der Waals surface area contributed by atoms with Gasteiger partial charge < -0.3 is 15.0 Å². The highest BCUT2D eigenvalue weighted by Crippen LogP contribution is 2.19. The number of aromatic nitrogens is 1. The van der Waals surface area contributed by atoms with E-state index in [-0.39, 0.29) is 5.56 Å². The summed E-state index contributed by atoms with van der Waals surface area (Å²) in [5.41, 5.74) is -0.505. The standard InChI is InChI=1S/C11H12N2O4/c14-9-7(3-1-5-12-9)10(15)13-6-2-4-8(13)11(16)17/h1,3,5,8H,2,4,6H2,(H,12,14)(H,16,17)/t8-/m1/s1. The van der Waals surface area contributed by atoms with Crippen LogP contribution >= 0.6 is 0 Å². The van der Waals surface area contributed by atoms with Crippen LogP contribution in [0.2, 0.25) is 0 Å². The van der Waals surface area contributed by atoms with Gasteiger partial charge in [-0.3, -0.25) is 9.59 Å². The van der Waals surface area contributed by atoms with Gasteiger partial charge >= 0.3 is 5.97 Å². The average molecular weight is 236 g/mol. The summed E-state index contributed by atoms with van der Waals surface area (Å²) in [6.07, 6.45) is 2.51. The Hall–Kier alpha value is -2.11. The van der Waals surface area contributed by atoms with Crippen LogP contribution in [0.5, 0.6) is 0 Å². The van der Waals surface area contributed by atoms with Gasteiger partial charge in [0.2, 0.25) is 0 Å². The molecule has 1 saturated heterocycles. The lowest BCUT2D eigenvalue weighted by molar-refractivity contribution is -0.141. The number of hydrogen-bond donors (Lipinski definition) is 2. The van der Waals surface area contributed by atoms with Crippen molar-refractivity contribution in [2.75, 3.05) is 6.54 Å². The number of carboxylic acids is 1. The minimum Gasteiger partial charge on any atom is -0.480 e. The molecular weight excluding hydrogens is 224 g/mol. The van der Waals surface area contributed by atoms with Crippen LogP contribution in [0.1, 0.15) is 23.2 Å². The van der Waals surface area contributed by atoms with E-state index in [1.54, 1.807) is 6.07 Å². The predicted octanol–water partition coefficient (Wildman–Crippen LogP) is 0.0641. The Kier molecular flexibility index (Phi) is 2.95.